The number of hydrogen-bond acceptors (Lipinski definition) is 5. The lowest BCUT2D eigenvalue weighted by Crippen LogP contribution is -2.19. The number of rotatable bonds is 5. The maximum Gasteiger partial charge on any atom is 0.260 e. The lowest BCUT2D eigenvalue weighted by atomic mass is 10.2. The van der Waals surface area contributed by atoms with Crippen LogP contribution in [0.5, 0.6) is 0 Å². The molecule has 0 bridgehead atoms. The van der Waals surface area contributed by atoms with Crippen molar-refractivity contribution in [2.75, 3.05) is 31.3 Å². The van der Waals surface area contributed by atoms with Crippen LogP contribution in [0.3, 0.4) is 0 Å². The molecule has 102 valence electrons. The second kappa shape index (κ2) is 5.71. The Balaban J connectivity index is 2.21. The first kappa shape index (κ1) is 13.4. The molecule has 1 aromatic heterocycles. The highest BCUT2D eigenvalue weighted by Crippen LogP contribution is 2.12. The smallest absolute Gasteiger partial charge is 0.260 e. The minimum Gasteiger partial charge on any atom is -0.399 e. The van der Waals surface area contributed by atoms with Gasteiger partial charge in [0.1, 0.15) is 0 Å². The van der Waals surface area contributed by atoms with E-state index in [1.165, 1.54) is 0 Å². The SMILES string of the molecule is COCC(C)CNc1nc2ccc(N)cc2c(=O)[nH]1. The Morgan fingerprint density at radius 1 is 1.53 bits per heavy atom. The quantitative estimate of drug-likeness (QED) is 0.704. The second-order valence-corrected chi connectivity index (χ2v) is 4.63. The van der Waals surface area contributed by atoms with E-state index in [0.717, 1.165) is 0 Å². The number of ether oxygens (including phenoxy) is 1. The molecule has 0 radical (unpaired) electrons. The number of nitrogens with one attached hydrogen (secondary N) is 2. The lowest BCUT2D eigenvalue weighted by molar-refractivity contribution is 0.164. The van der Waals surface area contributed by atoms with E-state index in [1.807, 2.05) is 0 Å². The molecule has 1 heterocycles. The van der Waals surface area contributed by atoms with E-state index in [1.54, 1.807) is 25.3 Å². The zero-order chi connectivity index (χ0) is 13.8. The summed E-state index contributed by atoms with van der Waals surface area (Å²) in [5, 5.41) is 3.59. The standard InChI is InChI=1S/C13H18N4O2/c1-8(7-19-2)6-15-13-16-11-4-3-9(14)5-10(11)12(18)17-13/h3-5,8H,6-7,14H2,1-2H3,(H2,15,16,17,18). The molecule has 0 amide bonds. The summed E-state index contributed by atoms with van der Waals surface area (Å²) in [7, 11) is 1.66. The Hall–Kier alpha value is -2.08. The van der Waals surface area contributed by atoms with E-state index < -0.39 is 0 Å². The van der Waals surface area contributed by atoms with Crippen molar-refractivity contribution in [2.45, 2.75) is 6.92 Å². The second-order valence-electron chi connectivity index (χ2n) is 4.63. The molecule has 6 heteroatoms. The fourth-order valence-corrected chi connectivity index (χ4v) is 1.85. The fourth-order valence-electron chi connectivity index (χ4n) is 1.85. The van der Waals surface area contributed by atoms with E-state index in [9.17, 15) is 4.79 Å². The van der Waals surface area contributed by atoms with Gasteiger partial charge in [-0.1, -0.05) is 6.92 Å². The van der Waals surface area contributed by atoms with Crippen molar-refractivity contribution in [1.29, 1.82) is 0 Å². The van der Waals surface area contributed by atoms with Crippen molar-refractivity contribution in [3.05, 3.63) is 28.6 Å². The highest BCUT2D eigenvalue weighted by molar-refractivity contribution is 5.81. The highest BCUT2D eigenvalue weighted by Gasteiger charge is 2.06. The Kier molecular flexibility index (Phi) is 4.01. The Bertz CT molecular complexity index is 624. The molecular weight excluding hydrogens is 244 g/mol. The van der Waals surface area contributed by atoms with Crippen LogP contribution in [0, 0.1) is 5.92 Å². The molecule has 4 N–H and O–H groups in total. The van der Waals surface area contributed by atoms with Gasteiger partial charge in [0.25, 0.3) is 5.56 Å². The van der Waals surface area contributed by atoms with E-state index in [2.05, 4.69) is 22.2 Å². The number of nitrogen functional groups attached to an aromatic ring is 1. The number of fused-ring (bicyclic) bond motifs is 1. The number of anilines is 2. The number of nitrogens with zero attached hydrogens (tertiary/aromatic N) is 1. The molecule has 0 aliphatic rings. The summed E-state index contributed by atoms with van der Waals surface area (Å²) >= 11 is 0. The van der Waals surface area contributed by atoms with Crippen molar-refractivity contribution < 1.29 is 4.74 Å². The van der Waals surface area contributed by atoms with Crippen LogP contribution >= 0.6 is 0 Å². The number of aromatic nitrogens is 2. The largest absolute Gasteiger partial charge is 0.399 e. The molecule has 0 fully saturated rings. The van der Waals surface area contributed by atoms with Crippen LogP contribution in [-0.2, 0) is 4.74 Å². The van der Waals surface area contributed by atoms with Crippen molar-refractivity contribution >= 4 is 22.5 Å². The van der Waals surface area contributed by atoms with E-state index in [0.29, 0.717) is 41.6 Å². The summed E-state index contributed by atoms with van der Waals surface area (Å²) in [6.07, 6.45) is 0. The third-order valence-corrected chi connectivity index (χ3v) is 2.80. The molecule has 19 heavy (non-hydrogen) atoms. The third-order valence-electron chi connectivity index (χ3n) is 2.80. The van der Waals surface area contributed by atoms with Crippen LogP contribution in [0.1, 0.15) is 6.92 Å². The maximum atomic E-state index is 11.9. The predicted molar refractivity (Wildman–Crippen MR) is 76.3 cm³/mol. The molecule has 0 spiro atoms. The molecule has 1 unspecified atom stereocenters. The molecule has 6 nitrogen and oxygen atoms in total. The van der Waals surface area contributed by atoms with Crippen molar-refractivity contribution in [2.24, 2.45) is 5.92 Å². The average Bonchev–Trinajstić information content (AvgIpc) is 2.38. The number of aromatic amines is 1. The monoisotopic (exact) mass is 262 g/mol. The molecule has 2 rings (SSSR count). The van der Waals surface area contributed by atoms with Gasteiger partial charge in [0.15, 0.2) is 0 Å². The topological polar surface area (TPSA) is 93.0 Å². The summed E-state index contributed by atoms with van der Waals surface area (Å²) in [6.45, 7) is 3.38. The molecular formula is C13H18N4O2. The predicted octanol–water partition coefficient (Wildman–Crippen LogP) is 1.20. The first-order valence-corrected chi connectivity index (χ1v) is 6.12. The summed E-state index contributed by atoms with van der Waals surface area (Å²) in [5.74, 6) is 0.794. The Morgan fingerprint density at radius 2 is 2.32 bits per heavy atom. The van der Waals surface area contributed by atoms with Crippen LogP contribution in [-0.4, -0.2) is 30.2 Å². The summed E-state index contributed by atoms with van der Waals surface area (Å²) in [5.41, 5.74) is 6.63. The number of benzene rings is 1. The maximum absolute atomic E-state index is 11.9. The molecule has 1 atom stereocenters. The number of H-pyrrole nitrogens is 1. The Labute approximate surface area is 111 Å². The van der Waals surface area contributed by atoms with Crippen molar-refractivity contribution in [3.63, 3.8) is 0 Å². The van der Waals surface area contributed by atoms with Gasteiger partial charge in [0.2, 0.25) is 5.95 Å². The molecule has 0 aliphatic carbocycles. The fraction of sp³-hybridized carbons (Fsp3) is 0.385. The van der Waals surface area contributed by atoms with Gasteiger partial charge < -0.3 is 15.8 Å². The zero-order valence-corrected chi connectivity index (χ0v) is 11.1. The van der Waals surface area contributed by atoms with Gasteiger partial charge in [-0.3, -0.25) is 9.78 Å². The summed E-state index contributed by atoms with van der Waals surface area (Å²) < 4.78 is 5.05. The van der Waals surface area contributed by atoms with Crippen LogP contribution in [0.2, 0.25) is 0 Å². The van der Waals surface area contributed by atoms with Crippen LogP contribution in [0.15, 0.2) is 23.0 Å². The van der Waals surface area contributed by atoms with Crippen LogP contribution in [0.25, 0.3) is 10.9 Å². The normalized spacial score (nSPS) is 12.5. The first-order valence-electron chi connectivity index (χ1n) is 6.12. The molecule has 0 saturated heterocycles. The van der Waals surface area contributed by atoms with E-state index in [-0.39, 0.29) is 5.56 Å². The van der Waals surface area contributed by atoms with E-state index >= 15 is 0 Å². The summed E-state index contributed by atoms with van der Waals surface area (Å²) in [4.78, 5) is 19.0. The lowest BCUT2D eigenvalue weighted by Gasteiger charge is -2.12. The van der Waals surface area contributed by atoms with Gasteiger partial charge in [0.05, 0.1) is 17.5 Å². The Morgan fingerprint density at radius 3 is 3.05 bits per heavy atom. The van der Waals surface area contributed by atoms with Gasteiger partial charge in [-0.15, -0.1) is 0 Å². The molecule has 0 saturated carbocycles. The van der Waals surface area contributed by atoms with Gasteiger partial charge in [-0.25, -0.2) is 4.98 Å². The minimum atomic E-state index is -0.195. The van der Waals surface area contributed by atoms with Crippen LogP contribution in [0.4, 0.5) is 11.6 Å². The average molecular weight is 262 g/mol. The summed E-state index contributed by atoms with van der Waals surface area (Å²) in [6, 6.07) is 5.09. The number of methoxy groups -OCH3 is 1. The van der Waals surface area contributed by atoms with Crippen molar-refractivity contribution in [3.8, 4) is 0 Å². The first-order chi connectivity index (χ1) is 9.10. The molecule has 0 aliphatic heterocycles. The third kappa shape index (κ3) is 3.23. The van der Waals surface area contributed by atoms with Crippen molar-refractivity contribution in [1.82, 2.24) is 9.97 Å². The number of nitrogens with two attached hydrogens (primary N) is 1. The van der Waals surface area contributed by atoms with E-state index in [4.69, 9.17) is 10.5 Å². The minimum absolute atomic E-state index is 0.195. The van der Waals surface area contributed by atoms with Gasteiger partial charge in [-0.05, 0) is 24.1 Å². The molecule has 2 aromatic rings. The van der Waals surface area contributed by atoms with Gasteiger partial charge in [-0.2, -0.15) is 0 Å². The van der Waals surface area contributed by atoms with Gasteiger partial charge >= 0.3 is 0 Å². The van der Waals surface area contributed by atoms with Gasteiger partial charge in [0, 0.05) is 19.3 Å². The zero-order valence-electron chi connectivity index (χ0n) is 11.1. The highest BCUT2D eigenvalue weighted by atomic mass is 16.5. The van der Waals surface area contributed by atoms with Crippen LogP contribution < -0.4 is 16.6 Å². The molecule has 1 aromatic carbocycles. The number of hydrogen-bond donors (Lipinski definition) is 3.